The highest BCUT2D eigenvalue weighted by Crippen LogP contribution is 2.48. The van der Waals surface area contributed by atoms with E-state index in [9.17, 15) is 14.4 Å². The van der Waals surface area contributed by atoms with Gasteiger partial charge in [0.1, 0.15) is 17.4 Å². The first-order valence-corrected chi connectivity index (χ1v) is 22.0. The van der Waals surface area contributed by atoms with Gasteiger partial charge in [-0.2, -0.15) is 0 Å². The van der Waals surface area contributed by atoms with E-state index in [1.54, 1.807) is 17.8 Å². The molecule has 10 heteroatoms. The van der Waals surface area contributed by atoms with Gasteiger partial charge in [-0.15, -0.1) is 11.8 Å². The van der Waals surface area contributed by atoms with Crippen molar-refractivity contribution in [1.29, 1.82) is 0 Å². The molecule has 0 radical (unpaired) electrons. The van der Waals surface area contributed by atoms with Crippen LogP contribution in [0, 0.1) is 0 Å². The highest BCUT2D eigenvalue weighted by atomic mass is 32.2. The molecule has 60 heavy (non-hydrogen) atoms. The molecule has 1 unspecified atom stereocenters. The van der Waals surface area contributed by atoms with Crippen LogP contribution in [0.5, 0.6) is 5.75 Å². The number of ether oxygens (including phenoxy) is 2. The first-order valence-electron chi connectivity index (χ1n) is 21.0. The number of hydrogen-bond acceptors (Lipinski definition) is 7. The summed E-state index contributed by atoms with van der Waals surface area (Å²) in [6.07, 6.45) is 2.32. The number of amides is 3. The van der Waals surface area contributed by atoms with Crippen molar-refractivity contribution in [3.05, 3.63) is 173 Å². The number of benzene rings is 5. The lowest BCUT2D eigenvalue weighted by Gasteiger charge is -2.37. The molecule has 4 N–H and O–H groups in total. The Morgan fingerprint density at radius 2 is 1.35 bits per heavy atom. The van der Waals surface area contributed by atoms with Gasteiger partial charge in [-0.3, -0.25) is 9.59 Å². The number of carbonyl (C=O) groups excluding carboxylic acids is 3. The van der Waals surface area contributed by atoms with Crippen molar-refractivity contribution in [2.24, 2.45) is 0 Å². The predicted octanol–water partition coefficient (Wildman–Crippen LogP) is 8.98. The number of thioether (sulfide) groups is 1. The topological polar surface area (TPSA) is 118 Å². The molecule has 6 rings (SSSR count). The summed E-state index contributed by atoms with van der Waals surface area (Å²) in [5, 5.41) is 12.9. The largest absolute Gasteiger partial charge is 0.492 e. The van der Waals surface area contributed by atoms with Gasteiger partial charge < -0.3 is 30.7 Å². The quantitative estimate of drug-likeness (QED) is 0.0515. The van der Waals surface area contributed by atoms with Gasteiger partial charge in [0.25, 0.3) is 5.91 Å². The van der Waals surface area contributed by atoms with Crippen LogP contribution in [0.1, 0.15) is 91.2 Å². The normalized spacial score (nSPS) is 14.8. The van der Waals surface area contributed by atoms with Crippen LogP contribution in [-0.4, -0.2) is 61.0 Å². The maximum absolute atomic E-state index is 14.0. The zero-order chi connectivity index (χ0) is 42.4. The van der Waals surface area contributed by atoms with Crippen molar-refractivity contribution in [3.63, 3.8) is 0 Å². The number of hydrogen-bond donors (Lipinski definition) is 4. The fourth-order valence-corrected chi connectivity index (χ4v) is 9.09. The summed E-state index contributed by atoms with van der Waals surface area (Å²) in [6, 6.07) is 45.4. The zero-order valence-corrected chi connectivity index (χ0v) is 35.9. The maximum Gasteiger partial charge on any atom is 0.407 e. The molecule has 0 saturated heterocycles. The first-order chi connectivity index (χ1) is 29.1. The zero-order valence-electron chi connectivity index (χ0n) is 35.1. The third-order valence-electron chi connectivity index (χ3n) is 10.4. The second-order valence-corrected chi connectivity index (χ2v) is 17.4. The van der Waals surface area contributed by atoms with Crippen molar-refractivity contribution in [3.8, 4) is 5.75 Å². The Labute approximate surface area is 359 Å². The summed E-state index contributed by atoms with van der Waals surface area (Å²) in [6.45, 7) is 8.99. The number of fused-ring (bicyclic) bond motifs is 1. The molecule has 0 aromatic heterocycles. The smallest absolute Gasteiger partial charge is 0.407 e. The first kappa shape index (κ1) is 44.0. The number of unbranched alkanes of at least 4 members (excludes halogenated alkanes) is 1. The fraction of sp³-hybridized carbons (Fsp3) is 0.340. The molecule has 1 aliphatic rings. The highest BCUT2D eigenvalue weighted by Gasteiger charge is 2.38. The average Bonchev–Trinajstić information content (AvgIpc) is 3.26. The molecule has 5 aromatic rings. The summed E-state index contributed by atoms with van der Waals surface area (Å²) >= 11 is 1.77. The van der Waals surface area contributed by atoms with Gasteiger partial charge in [0, 0.05) is 43.3 Å². The molecule has 3 amide bonds. The number of carbonyl (C=O) groups is 3. The van der Waals surface area contributed by atoms with Crippen molar-refractivity contribution in [1.82, 2.24) is 21.3 Å². The highest BCUT2D eigenvalue weighted by molar-refractivity contribution is 8.00. The van der Waals surface area contributed by atoms with E-state index in [1.807, 2.05) is 81.4 Å². The van der Waals surface area contributed by atoms with Gasteiger partial charge in [0.05, 0.1) is 23.0 Å². The minimum atomic E-state index is -0.767. The third kappa shape index (κ3) is 11.6. The summed E-state index contributed by atoms with van der Waals surface area (Å²) in [5.74, 6) is 0.431. The summed E-state index contributed by atoms with van der Waals surface area (Å²) < 4.78 is 11.4. The van der Waals surface area contributed by atoms with E-state index in [-0.39, 0.29) is 23.9 Å². The molecule has 0 spiro atoms. The molecule has 9 nitrogen and oxygen atoms in total. The van der Waals surface area contributed by atoms with E-state index in [2.05, 4.69) is 101 Å². The van der Waals surface area contributed by atoms with Crippen LogP contribution in [0.3, 0.4) is 0 Å². The molecule has 1 heterocycles. The summed E-state index contributed by atoms with van der Waals surface area (Å²) in [7, 11) is 0. The molecule has 0 saturated carbocycles. The molecule has 0 bridgehead atoms. The second-order valence-electron chi connectivity index (χ2n) is 16.1. The number of nitrogens with one attached hydrogen (secondary N) is 4. The Bertz CT molecular complexity index is 2030. The van der Waals surface area contributed by atoms with Crippen molar-refractivity contribution < 1.29 is 23.9 Å². The van der Waals surface area contributed by atoms with Gasteiger partial charge in [-0.05, 0) is 55.5 Å². The van der Waals surface area contributed by atoms with Gasteiger partial charge in [0.15, 0.2) is 0 Å². The predicted molar refractivity (Wildman–Crippen MR) is 241 cm³/mol. The number of para-hydroxylation sites is 1. The van der Waals surface area contributed by atoms with Crippen LogP contribution < -0.4 is 26.0 Å². The average molecular weight is 827 g/mol. The van der Waals surface area contributed by atoms with E-state index in [0.29, 0.717) is 49.6 Å². The van der Waals surface area contributed by atoms with E-state index in [1.165, 1.54) is 0 Å². The van der Waals surface area contributed by atoms with Crippen LogP contribution in [0.2, 0.25) is 0 Å². The van der Waals surface area contributed by atoms with Crippen molar-refractivity contribution in [2.45, 2.75) is 81.9 Å². The van der Waals surface area contributed by atoms with Crippen LogP contribution in [0.25, 0.3) is 0 Å². The van der Waals surface area contributed by atoms with E-state index >= 15 is 0 Å². The number of rotatable bonds is 18. The minimum absolute atomic E-state index is 0.172. The van der Waals surface area contributed by atoms with Crippen LogP contribution in [-0.2, 0) is 20.7 Å². The lowest BCUT2D eigenvalue weighted by Crippen LogP contribution is -2.48. The summed E-state index contributed by atoms with van der Waals surface area (Å²) in [5.41, 5.74) is 4.88. The van der Waals surface area contributed by atoms with E-state index in [0.717, 1.165) is 40.7 Å². The number of alkyl carbamates (subject to hydrolysis) is 1. The van der Waals surface area contributed by atoms with Gasteiger partial charge in [-0.25, -0.2) is 4.79 Å². The Balaban J connectivity index is 1.25. The van der Waals surface area contributed by atoms with Crippen LogP contribution in [0.4, 0.5) is 4.79 Å². The van der Waals surface area contributed by atoms with E-state index in [4.69, 9.17) is 9.47 Å². The Hall–Kier alpha value is -5.58. The molecule has 1 aliphatic heterocycles. The lowest BCUT2D eigenvalue weighted by atomic mass is 9.84. The lowest BCUT2D eigenvalue weighted by molar-refractivity contribution is -0.122. The molecule has 0 fully saturated rings. The Morgan fingerprint density at radius 3 is 1.92 bits per heavy atom. The van der Waals surface area contributed by atoms with Gasteiger partial charge >= 0.3 is 6.09 Å². The maximum atomic E-state index is 14.0. The fourth-order valence-electron chi connectivity index (χ4n) is 7.53. The monoisotopic (exact) mass is 826 g/mol. The van der Waals surface area contributed by atoms with Crippen molar-refractivity contribution in [2.75, 3.05) is 25.4 Å². The standard InChI is InChI=1S/C50H58N4O5S/c1-5-6-31-51-47(56)44(33-36-20-11-7-12-21-36)54-46(55)42-29-19-28-41-43(30-32-58-45(41)42)52-34-40(53-48(57)59-49(2,3)4)35-60-50(37-22-13-8-14-23-37,38-24-15-9-16-25-38)39-26-17-10-18-27-39/h7-29,40,43-44,52H,5-6,30-35H2,1-4H3,(H,51,56)(H,53,57)(H,54,55)/t40-,43?,44+/m1/s1. The van der Waals surface area contributed by atoms with Gasteiger partial charge in [-0.1, -0.05) is 147 Å². The van der Waals surface area contributed by atoms with Crippen molar-refractivity contribution >= 4 is 29.7 Å². The Morgan fingerprint density at radius 1 is 0.767 bits per heavy atom. The van der Waals surface area contributed by atoms with Gasteiger partial charge in [0.2, 0.25) is 5.91 Å². The molecular formula is C50H58N4O5S. The van der Waals surface area contributed by atoms with Crippen LogP contribution in [0.15, 0.2) is 140 Å². The SMILES string of the molecule is CCCCNC(=O)[C@H](Cc1ccccc1)NC(=O)c1cccc2c1OCCC2NC[C@H](CSC(c1ccccc1)(c1ccccc1)c1ccccc1)NC(=O)OC(C)(C)C. The Kier molecular flexibility index (Phi) is 15.5. The summed E-state index contributed by atoms with van der Waals surface area (Å²) in [4.78, 5) is 40.8. The minimum Gasteiger partial charge on any atom is -0.492 e. The van der Waals surface area contributed by atoms with E-state index < -0.39 is 22.5 Å². The molecule has 314 valence electrons. The molecule has 3 atom stereocenters. The second kappa shape index (κ2) is 21.1. The third-order valence-corrected chi connectivity index (χ3v) is 12.1. The molecule has 0 aliphatic carbocycles. The molecule has 5 aromatic carbocycles. The van der Waals surface area contributed by atoms with Crippen LogP contribution >= 0.6 is 11.8 Å². The molecular weight excluding hydrogens is 769 g/mol.